The van der Waals surface area contributed by atoms with E-state index in [9.17, 15) is 4.79 Å². The van der Waals surface area contributed by atoms with Crippen LogP contribution < -0.4 is 4.74 Å². The fourth-order valence-corrected chi connectivity index (χ4v) is 1.55. The molecular weight excluding hydrogens is 228 g/mol. The van der Waals surface area contributed by atoms with Crippen molar-refractivity contribution in [2.24, 2.45) is 7.05 Å². The zero-order valence-electron chi connectivity index (χ0n) is 10.3. The number of hydrogen-bond donors (Lipinski definition) is 0. The van der Waals surface area contributed by atoms with Crippen molar-refractivity contribution in [1.29, 1.82) is 0 Å². The molecule has 92 valence electrons. The quantitative estimate of drug-likeness (QED) is 0.613. The highest BCUT2D eigenvalue weighted by molar-refractivity contribution is 5.88. The van der Waals surface area contributed by atoms with Crippen molar-refractivity contribution in [3.63, 3.8) is 0 Å². The molecule has 4 nitrogen and oxygen atoms in total. The van der Waals surface area contributed by atoms with E-state index in [1.54, 1.807) is 19.2 Å². The van der Waals surface area contributed by atoms with Crippen LogP contribution in [-0.2, 0) is 11.8 Å². The molecule has 18 heavy (non-hydrogen) atoms. The highest BCUT2D eigenvalue weighted by Gasteiger charge is 2.06. The number of carbonyl (C=O) groups is 1. The summed E-state index contributed by atoms with van der Waals surface area (Å²) in [5.74, 6) is 0.0251. The molecule has 0 bridgehead atoms. The van der Waals surface area contributed by atoms with E-state index in [4.69, 9.17) is 4.74 Å². The van der Waals surface area contributed by atoms with Gasteiger partial charge in [-0.2, -0.15) is 5.10 Å². The molecule has 0 N–H and O–H groups in total. The van der Waals surface area contributed by atoms with E-state index >= 15 is 0 Å². The highest BCUT2D eigenvalue weighted by Crippen LogP contribution is 2.11. The lowest BCUT2D eigenvalue weighted by Gasteiger charge is -2.00. The van der Waals surface area contributed by atoms with E-state index in [1.165, 1.54) is 10.8 Å². The SMILES string of the molecule is Cc1cc(OC(=O)/C=C/c2ccccc2)n(C)n1. The van der Waals surface area contributed by atoms with Crippen molar-refractivity contribution < 1.29 is 9.53 Å². The molecule has 2 aromatic rings. The maximum atomic E-state index is 11.6. The highest BCUT2D eigenvalue weighted by atomic mass is 16.5. The standard InChI is InChI=1S/C14H14N2O2/c1-11-10-13(16(2)15-11)18-14(17)9-8-12-6-4-3-5-7-12/h3-10H,1-2H3/b9-8+. The Morgan fingerprint density at radius 3 is 2.67 bits per heavy atom. The lowest BCUT2D eigenvalue weighted by atomic mass is 10.2. The molecule has 4 heteroatoms. The second-order valence-electron chi connectivity index (χ2n) is 3.91. The Morgan fingerprint density at radius 1 is 1.33 bits per heavy atom. The smallest absolute Gasteiger partial charge is 0.337 e. The fourth-order valence-electron chi connectivity index (χ4n) is 1.55. The number of aryl methyl sites for hydroxylation is 2. The number of rotatable bonds is 3. The Kier molecular flexibility index (Phi) is 3.57. The van der Waals surface area contributed by atoms with Crippen molar-refractivity contribution in [2.45, 2.75) is 6.92 Å². The van der Waals surface area contributed by atoms with Gasteiger partial charge in [-0.15, -0.1) is 0 Å². The van der Waals surface area contributed by atoms with Crippen LogP contribution in [0, 0.1) is 6.92 Å². The van der Waals surface area contributed by atoms with Gasteiger partial charge >= 0.3 is 5.97 Å². The third-order valence-electron chi connectivity index (χ3n) is 2.38. The van der Waals surface area contributed by atoms with Gasteiger partial charge in [-0.1, -0.05) is 30.3 Å². The van der Waals surface area contributed by atoms with Crippen molar-refractivity contribution >= 4 is 12.0 Å². The molecule has 0 saturated carbocycles. The number of benzene rings is 1. The van der Waals surface area contributed by atoms with Gasteiger partial charge in [-0.3, -0.25) is 0 Å². The molecule has 1 aromatic carbocycles. The zero-order chi connectivity index (χ0) is 13.0. The van der Waals surface area contributed by atoms with E-state index < -0.39 is 5.97 Å². The van der Waals surface area contributed by atoms with Crippen LogP contribution in [-0.4, -0.2) is 15.7 Å². The van der Waals surface area contributed by atoms with Gasteiger partial charge in [0.05, 0.1) is 5.69 Å². The van der Waals surface area contributed by atoms with Crippen LogP contribution in [0.2, 0.25) is 0 Å². The molecule has 0 saturated heterocycles. The van der Waals surface area contributed by atoms with Crippen molar-refractivity contribution in [3.05, 3.63) is 53.7 Å². The van der Waals surface area contributed by atoms with Gasteiger partial charge in [0.15, 0.2) is 0 Å². The van der Waals surface area contributed by atoms with Gasteiger partial charge < -0.3 is 4.74 Å². The molecule has 0 spiro atoms. The monoisotopic (exact) mass is 242 g/mol. The summed E-state index contributed by atoms with van der Waals surface area (Å²) >= 11 is 0. The Labute approximate surface area is 106 Å². The van der Waals surface area contributed by atoms with Crippen LogP contribution in [0.15, 0.2) is 42.5 Å². The molecule has 0 atom stereocenters. The third-order valence-corrected chi connectivity index (χ3v) is 2.38. The van der Waals surface area contributed by atoms with Crippen LogP contribution in [0.5, 0.6) is 5.88 Å². The molecule has 0 fully saturated rings. The predicted molar refractivity (Wildman–Crippen MR) is 69.1 cm³/mol. The zero-order valence-corrected chi connectivity index (χ0v) is 10.3. The maximum Gasteiger partial charge on any atom is 0.337 e. The van der Waals surface area contributed by atoms with Gasteiger partial charge in [0.25, 0.3) is 0 Å². The molecule has 0 aliphatic carbocycles. The second kappa shape index (κ2) is 5.31. The summed E-state index contributed by atoms with van der Waals surface area (Å²) in [5, 5.41) is 4.10. The predicted octanol–water partition coefficient (Wildman–Crippen LogP) is 2.35. The Bertz CT molecular complexity index is 571. The normalized spacial score (nSPS) is 10.8. The molecule has 0 amide bonds. The molecule has 1 aromatic heterocycles. The molecule has 0 radical (unpaired) electrons. The average molecular weight is 242 g/mol. The summed E-state index contributed by atoms with van der Waals surface area (Å²) in [4.78, 5) is 11.6. The summed E-state index contributed by atoms with van der Waals surface area (Å²) in [6, 6.07) is 11.3. The van der Waals surface area contributed by atoms with E-state index in [2.05, 4.69) is 5.10 Å². The summed E-state index contributed by atoms with van der Waals surface area (Å²) in [7, 11) is 1.73. The largest absolute Gasteiger partial charge is 0.405 e. The average Bonchev–Trinajstić information content (AvgIpc) is 2.67. The van der Waals surface area contributed by atoms with Crippen molar-refractivity contribution in [3.8, 4) is 5.88 Å². The summed E-state index contributed by atoms with van der Waals surface area (Å²) < 4.78 is 6.69. The lowest BCUT2D eigenvalue weighted by Crippen LogP contribution is -2.07. The number of esters is 1. The van der Waals surface area contributed by atoms with Gasteiger partial charge in [-0.25, -0.2) is 9.48 Å². The first-order chi connectivity index (χ1) is 8.65. The van der Waals surface area contributed by atoms with Crippen molar-refractivity contribution in [2.75, 3.05) is 0 Å². The maximum absolute atomic E-state index is 11.6. The van der Waals surface area contributed by atoms with Gasteiger partial charge in [0, 0.05) is 19.2 Å². The first-order valence-corrected chi connectivity index (χ1v) is 5.61. The molecule has 1 heterocycles. The summed E-state index contributed by atoms with van der Waals surface area (Å²) in [5.41, 5.74) is 1.77. The number of carbonyl (C=O) groups excluding carboxylic acids is 1. The Hall–Kier alpha value is -2.36. The number of aromatic nitrogens is 2. The van der Waals surface area contributed by atoms with Gasteiger partial charge in [0.1, 0.15) is 0 Å². The first-order valence-electron chi connectivity index (χ1n) is 5.61. The minimum absolute atomic E-state index is 0.415. The van der Waals surface area contributed by atoms with Crippen molar-refractivity contribution in [1.82, 2.24) is 9.78 Å². The molecule has 0 aliphatic heterocycles. The minimum atomic E-state index is -0.415. The van der Waals surface area contributed by atoms with Crippen LogP contribution in [0.25, 0.3) is 6.08 Å². The Balaban J connectivity index is 2.01. The van der Waals surface area contributed by atoms with Crippen LogP contribution in [0.3, 0.4) is 0 Å². The number of hydrogen-bond acceptors (Lipinski definition) is 3. The van der Waals surface area contributed by atoms with E-state index in [1.807, 2.05) is 37.3 Å². The topological polar surface area (TPSA) is 44.1 Å². The van der Waals surface area contributed by atoms with Gasteiger partial charge in [-0.05, 0) is 18.6 Å². The van der Waals surface area contributed by atoms with Crippen LogP contribution >= 0.6 is 0 Å². The molecule has 0 aliphatic rings. The lowest BCUT2D eigenvalue weighted by molar-refractivity contribution is -0.129. The first kappa shape index (κ1) is 12.1. The molecule has 2 rings (SSSR count). The summed E-state index contributed by atoms with van der Waals surface area (Å²) in [6.07, 6.45) is 3.11. The van der Waals surface area contributed by atoms with Crippen LogP contribution in [0.1, 0.15) is 11.3 Å². The van der Waals surface area contributed by atoms with E-state index in [0.29, 0.717) is 5.88 Å². The van der Waals surface area contributed by atoms with Crippen LogP contribution in [0.4, 0.5) is 0 Å². The Morgan fingerprint density at radius 2 is 2.06 bits per heavy atom. The fraction of sp³-hybridized carbons (Fsp3) is 0.143. The molecular formula is C14H14N2O2. The third kappa shape index (κ3) is 3.07. The number of nitrogens with zero attached hydrogens (tertiary/aromatic N) is 2. The minimum Gasteiger partial charge on any atom is -0.405 e. The second-order valence-corrected chi connectivity index (χ2v) is 3.91. The molecule has 0 unspecified atom stereocenters. The summed E-state index contributed by atoms with van der Waals surface area (Å²) in [6.45, 7) is 1.84. The van der Waals surface area contributed by atoms with Gasteiger partial charge in [0.2, 0.25) is 5.88 Å². The van der Waals surface area contributed by atoms with E-state index in [-0.39, 0.29) is 0 Å². The van der Waals surface area contributed by atoms with E-state index in [0.717, 1.165) is 11.3 Å². The number of ether oxygens (including phenoxy) is 1.